The van der Waals surface area contributed by atoms with E-state index in [4.69, 9.17) is 11.6 Å². The van der Waals surface area contributed by atoms with Crippen LogP contribution < -0.4 is 5.32 Å². The second-order valence-corrected chi connectivity index (χ2v) is 2.77. The van der Waals surface area contributed by atoms with E-state index in [1.54, 1.807) is 0 Å². The zero-order valence-corrected chi connectivity index (χ0v) is 7.21. The quantitative estimate of drug-likeness (QED) is 0.623. The Kier molecular flexibility index (Phi) is 2.46. The summed E-state index contributed by atoms with van der Waals surface area (Å²) in [5, 5.41) is 3.66. The van der Waals surface area contributed by atoms with Crippen molar-refractivity contribution >= 4 is 29.9 Å². The summed E-state index contributed by atoms with van der Waals surface area (Å²) in [6, 6.07) is 5.58. The number of anilines is 1. The van der Waals surface area contributed by atoms with Gasteiger partial charge in [0.1, 0.15) is 0 Å². The molecule has 0 radical (unpaired) electrons. The van der Waals surface area contributed by atoms with Crippen molar-refractivity contribution in [2.75, 3.05) is 12.4 Å². The van der Waals surface area contributed by atoms with E-state index in [0.717, 1.165) is 10.6 Å². The molecule has 0 atom stereocenters. The van der Waals surface area contributed by atoms with E-state index in [0.29, 0.717) is 5.02 Å². The Morgan fingerprint density at radius 2 is 2.20 bits per heavy atom. The van der Waals surface area contributed by atoms with Gasteiger partial charge in [-0.3, -0.25) is 0 Å². The molecule has 10 heavy (non-hydrogen) atoms. The molecule has 0 saturated carbocycles. The molecule has 0 saturated heterocycles. The van der Waals surface area contributed by atoms with Gasteiger partial charge in [0.25, 0.3) is 0 Å². The van der Waals surface area contributed by atoms with Crippen molar-refractivity contribution in [1.82, 2.24) is 0 Å². The number of thiol groups is 1. The summed E-state index contributed by atoms with van der Waals surface area (Å²) < 4.78 is 0. The smallest absolute Gasteiger partial charge is 0.0662 e. The Bertz CT molecular complexity index is 217. The molecule has 0 aliphatic heterocycles. The SMILES string of the molecule is CNc1c(S)cccc1Cl. The van der Waals surface area contributed by atoms with E-state index in [1.165, 1.54) is 0 Å². The second kappa shape index (κ2) is 3.17. The normalized spacial score (nSPS) is 9.50. The molecule has 0 aromatic heterocycles. The molecule has 0 amide bonds. The van der Waals surface area contributed by atoms with Gasteiger partial charge in [0.15, 0.2) is 0 Å². The van der Waals surface area contributed by atoms with Gasteiger partial charge in [-0.05, 0) is 12.1 Å². The topological polar surface area (TPSA) is 12.0 Å². The molecule has 0 aliphatic rings. The first kappa shape index (κ1) is 7.76. The third-order valence-corrected chi connectivity index (χ3v) is 1.93. The van der Waals surface area contributed by atoms with Gasteiger partial charge in [-0.1, -0.05) is 17.7 Å². The number of rotatable bonds is 1. The zero-order valence-electron chi connectivity index (χ0n) is 5.56. The van der Waals surface area contributed by atoms with Crippen LogP contribution in [0.15, 0.2) is 23.1 Å². The molecule has 0 fully saturated rings. The maximum Gasteiger partial charge on any atom is 0.0662 e. The summed E-state index contributed by atoms with van der Waals surface area (Å²) in [5.74, 6) is 0. The van der Waals surface area contributed by atoms with Gasteiger partial charge in [0.05, 0.1) is 10.7 Å². The first-order valence-corrected chi connectivity index (χ1v) is 3.73. The van der Waals surface area contributed by atoms with Crippen LogP contribution in [0.5, 0.6) is 0 Å². The minimum Gasteiger partial charge on any atom is -0.386 e. The van der Waals surface area contributed by atoms with E-state index in [-0.39, 0.29) is 0 Å². The lowest BCUT2D eigenvalue weighted by Crippen LogP contribution is -1.89. The molecule has 1 aromatic rings. The summed E-state index contributed by atoms with van der Waals surface area (Å²) in [5.41, 5.74) is 0.882. The lowest BCUT2D eigenvalue weighted by molar-refractivity contribution is 1.39. The van der Waals surface area contributed by atoms with Gasteiger partial charge in [0.2, 0.25) is 0 Å². The molecule has 0 aliphatic carbocycles. The van der Waals surface area contributed by atoms with Crippen molar-refractivity contribution in [3.8, 4) is 0 Å². The maximum atomic E-state index is 5.82. The fourth-order valence-electron chi connectivity index (χ4n) is 0.760. The van der Waals surface area contributed by atoms with Crippen LogP contribution in [-0.4, -0.2) is 7.05 Å². The van der Waals surface area contributed by atoms with Crippen LogP contribution in [0.25, 0.3) is 0 Å². The zero-order chi connectivity index (χ0) is 7.56. The fourth-order valence-corrected chi connectivity index (χ4v) is 1.41. The van der Waals surface area contributed by atoms with E-state index in [9.17, 15) is 0 Å². The molecule has 54 valence electrons. The standard InChI is InChI=1S/C7H8ClNS/c1-9-7-5(8)3-2-4-6(7)10/h2-4,9-10H,1H3. The summed E-state index contributed by atoms with van der Waals surface area (Å²) >= 11 is 10.0. The van der Waals surface area contributed by atoms with Crippen molar-refractivity contribution < 1.29 is 0 Å². The van der Waals surface area contributed by atoms with Crippen LogP contribution >= 0.6 is 24.2 Å². The molecule has 0 unspecified atom stereocenters. The maximum absolute atomic E-state index is 5.82. The van der Waals surface area contributed by atoms with Crippen molar-refractivity contribution in [3.63, 3.8) is 0 Å². The van der Waals surface area contributed by atoms with Gasteiger partial charge in [0, 0.05) is 11.9 Å². The number of hydrogen-bond donors (Lipinski definition) is 2. The minimum atomic E-state index is 0.704. The van der Waals surface area contributed by atoms with Crippen LogP contribution in [0.3, 0.4) is 0 Å². The highest BCUT2D eigenvalue weighted by Crippen LogP contribution is 2.27. The van der Waals surface area contributed by atoms with Crippen molar-refractivity contribution in [1.29, 1.82) is 0 Å². The number of para-hydroxylation sites is 1. The predicted molar refractivity (Wildman–Crippen MR) is 48.3 cm³/mol. The molecule has 1 rings (SSSR count). The summed E-state index contributed by atoms with van der Waals surface area (Å²) in [6.07, 6.45) is 0. The first-order valence-electron chi connectivity index (χ1n) is 2.91. The Balaban J connectivity index is 3.17. The first-order chi connectivity index (χ1) is 4.75. The molecule has 1 nitrogen and oxygen atoms in total. The molecule has 1 N–H and O–H groups in total. The molecule has 0 bridgehead atoms. The summed E-state index contributed by atoms with van der Waals surface area (Å²) in [7, 11) is 1.82. The van der Waals surface area contributed by atoms with Gasteiger partial charge in [-0.25, -0.2) is 0 Å². The highest BCUT2D eigenvalue weighted by atomic mass is 35.5. The largest absolute Gasteiger partial charge is 0.386 e. The monoisotopic (exact) mass is 173 g/mol. The van der Waals surface area contributed by atoms with Crippen LogP contribution in [-0.2, 0) is 0 Å². The van der Waals surface area contributed by atoms with Gasteiger partial charge >= 0.3 is 0 Å². The second-order valence-electron chi connectivity index (χ2n) is 1.88. The van der Waals surface area contributed by atoms with Crippen LogP contribution in [0.2, 0.25) is 5.02 Å². The van der Waals surface area contributed by atoms with Gasteiger partial charge < -0.3 is 5.32 Å². The molecule has 0 heterocycles. The third kappa shape index (κ3) is 1.39. The Labute approximate surface area is 70.8 Å². The molecular formula is C7H8ClNS. The van der Waals surface area contributed by atoms with E-state index >= 15 is 0 Å². The van der Waals surface area contributed by atoms with Crippen molar-refractivity contribution in [3.05, 3.63) is 23.2 Å². The lowest BCUT2D eigenvalue weighted by Gasteiger charge is -2.04. The van der Waals surface area contributed by atoms with Crippen molar-refractivity contribution in [2.24, 2.45) is 0 Å². The number of halogens is 1. The van der Waals surface area contributed by atoms with Crippen LogP contribution in [0.4, 0.5) is 5.69 Å². The van der Waals surface area contributed by atoms with E-state index in [1.807, 2.05) is 25.2 Å². The number of hydrogen-bond acceptors (Lipinski definition) is 2. The Hall–Kier alpha value is -0.340. The van der Waals surface area contributed by atoms with Gasteiger partial charge in [-0.2, -0.15) is 0 Å². The average Bonchev–Trinajstić information content (AvgIpc) is 1.88. The third-order valence-electron chi connectivity index (χ3n) is 1.24. The predicted octanol–water partition coefficient (Wildman–Crippen LogP) is 2.67. The number of benzene rings is 1. The average molecular weight is 174 g/mol. The Morgan fingerprint density at radius 3 is 2.60 bits per heavy atom. The minimum absolute atomic E-state index is 0.704. The summed E-state index contributed by atoms with van der Waals surface area (Å²) in [6.45, 7) is 0. The molecular weight excluding hydrogens is 166 g/mol. The molecule has 0 spiro atoms. The highest BCUT2D eigenvalue weighted by molar-refractivity contribution is 7.80. The summed E-state index contributed by atoms with van der Waals surface area (Å²) in [4.78, 5) is 0.870. The molecule has 1 aromatic carbocycles. The van der Waals surface area contributed by atoms with Crippen molar-refractivity contribution in [2.45, 2.75) is 4.90 Å². The van der Waals surface area contributed by atoms with Crippen LogP contribution in [0.1, 0.15) is 0 Å². The van der Waals surface area contributed by atoms with Crippen LogP contribution in [0, 0.1) is 0 Å². The van der Waals surface area contributed by atoms with E-state index in [2.05, 4.69) is 17.9 Å². The number of nitrogens with one attached hydrogen (secondary N) is 1. The van der Waals surface area contributed by atoms with E-state index < -0.39 is 0 Å². The Morgan fingerprint density at radius 1 is 1.50 bits per heavy atom. The van der Waals surface area contributed by atoms with Gasteiger partial charge in [-0.15, -0.1) is 12.6 Å². The molecule has 3 heteroatoms. The fraction of sp³-hybridized carbons (Fsp3) is 0.143. The lowest BCUT2D eigenvalue weighted by atomic mass is 10.3. The highest BCUT2D eigenvalue weighted by Gasteiger charge is 1.99.